The maximum absolute atomic E-state index is 4.31. The molecule has 0 radical (unpaired) electrons. The summed E-state index contributed by atoms with van der Waals surface area (Å²) in [6.07, 6.45) is 1.26. The first-order valence-electron chi connectivity index (χ1n) is 4.24. The SMILES string of the molecule is CCC(C)CSC1=NCCN1. The second-order valence-electron chi connectivity index (χ2n) is 2.94. The zero-order valence-corrected chi connectivity index (χ0v) is 8.08. The van der Waals surface area contributed by atoms with Crippen LogP contribution in [0.3, 0.4) is 0 Å². The van der Waals surface area contributed by atoms with Crippen molar-refractivity contribution >= 4 is 16.9 Å². The van der Waals surface area contributed by atoms with Gasteiger partial charge in [0.25, 0.3) is 0 Å². The number of hydrogen-bond acceptors (Lipinski definition) is 3. The monoisotopic (exact) mass is 172 g/mol. The maximum atomic E-state index is 4.31. The van der Waals surface area contributed by atoms with Gasteiger partial charge >= 0.3 is 0 Å². The van der Waals surface area contributed by atoms with E-state index < -0.39 is 0 Å². The molecule has 0 fully saturated rings. The second kappa shape index (κ2) is 4.65. The molecular weight excluding hydrogens is 156 g/mol. The van der Waals surface area contributed by atoms with E-state index in [9.17, 15) is 0 Å². The Morgan fingerprint density at radius 3 is 3.09 bits per heavy atom. The normalized spacial score (nSPS) is 19.3. The van der Waals surface area contributed by atoms with Gasteiger partial charge in [-0.1, -0.05) is 32.0 Å². The molecule has 0 aromatic heterocycles. The average Bonchev–Trinajstić information content (AvgIpc) is 2.52. The lowest BCUT2D eigenvalue weighted by atomic mass is 10.2. The molecule has 64 valence electrons. The lowest BCUT2D eigenvalue weighted by Gasteiger charge is -2.06. The van der Waals surface area contributed by atoms with Crippen molar-refractivity contribution in [2.45, 2.75) is 20.3 Å². The Bertz CT molecular complexity index is 145. The zero-order valence-electron chi connectivity index (χ0n) is 7.26. The van der Waals surface area contributed by atoms with Gasteiger partial charge in [-0.2, -0.15) is 0 Å². The molecule has 1 rings (SSSR count). The minimum atomic E-state index is 0.810. The van der Waals surface area contributed by atoms with Crippen molar-refractivity contribution in [3.05, 3.63) is 0 Å². The highest BCUT2D eigenvalue weighted by molar-refractivity contribution is 8.13. The first-order chi connectivity index (χ1) is 5.33. The van der Waals surface area contributed by atoms with Gasteiger partial charge in [0.05, 0.1) is 6.54 Å². The third-order valence-electron chi connectivity index (χ3n) is 1.84. The van der Waals surface area contributed by atoms with Gasteiger partial charge in [-0.15, -0.1) is 0 Å². The number of rotatable bonds is 3. The van der Waals surface area contributed by atoms with E-state index >= 15 is 0 Å². The third-order valence-corrected chi connectivity index (χ3v) is 3.13. The van der Waals surface area contributed by atoms with Gasteiger partial charge in [0.2, 0.25) is 0 Å². The highest BCUT2D eigenvalue weighted by Gasteiger charge is 2.06. The highest BCUT2D eigenvalue weighted by atomic mass is 32.2. The summed E-state index contributed by atoms with van der Waals surface area (Å²) in [7, 11) is 0. The number of thioether (sulfide) groups is 1. The predicted molar refractivity (Wildman–Crippen MR) is 52.2 cm³/mol. The van der Waals surface area contributed by atoms with Crippen LogP contribution in [0.1, 0.15) is 20.3 Å². The Morgan fingerprint density at radius 1 is 1.73 bits per heavy atom. The van der Waals surface area contributed by atoms with Crippen molar-refractivity contribution in [1.82, 2.24) is 5.32 Å². The van der Waals surface area contributed by atoms with Gasteiger partial charge in [0.15, 0.2) is 5.17 Å². The van der Waals surface area contributed by atoms with E-state index in [1.54, 1.807) is 0 Å². The number of nitrogens with zero attached hydrogens (tertiary/aromatic N) is 1. The Morgan fingerprint density at radius 2 is 2.55 bits per heavy atom. The van der Waals surface area contributed by atoms with Crippen LogP contribution in [0.25, 0.3) is 0 Å². The minimum absolute atomic E-state index is 0.810. The van der Waals surface area contributed by atoms with Crippen LogP contribution in [0.5, 0.6) is 0 Å². The fourth-order valence-electron chi connectivity index (χ4n) is 0.812. The lowest BCUT2D eigenvalue weighted by Crippen LogP contribution is -2.16. The predicted octanol–water partition coefficient (Wildman–Crippen LogP) is 1.72. The van der Waals surface area contributed by atoms with Gasteiger partial charge in [-0.05, 0) is 5.92 Å². The summed E-state index contributed by atoms with van der Waals surface area (Å²) in [5.74, 6) is 2.01. The number of amidine groups is 1. The summed E-state index contributed by atoms with van der Waals surface area (Å²) in [5, 5.41) is 4.39. The van der Waals surface area contributed by atoms with Crippen molar-refractivity contribution in [3.8, 4) is 0 Å². The van der Waals surface area contributed by atoms with Crippen LogP contribution in [0, 0.1) is 5.92 Å². The van der Waals surface area contributed by atoms with E-state index in [0.29, 0.717) is 0 Å². The standard InChI is InChI=1S/C8H16N2S/c1-3-7(2)6-11-8-9-4-5-10-8/h7H,3-6H2,1-2H3,(H,9,10). The molecule has 0 saturated carbocycles. The van der Waals surface area contributed by atoms with Crippen molar-refractivity contribution in [2.75, 3.05) is 18.8 Å². The van der Waals surface area contributed by atoms with E-state index in [1.165, 1.54) is 12.2 Å². The van der Waals surface area contributed by atoms with Crippen LogP contribution in [0.4, 0.5) is 0 Å². The molecule has 0 amide bonds. The largest absolute Gasteiger partial charge is 0.363 e. The van der Waals surface area contributed by atoms with E-state index in [-0.39, 0.29) is 0 Å². The molecule has 3 heteroatoms. The minimum Gasteiger partial charge on any atom is -0.363 e. The lowest BCUT2D eigenvalue weighted by molar-refractivity contribution is 0.638. The van der Waals surface area contributed by atoms with Crippen molar-refractivity contribution < 1.29 is 0 Å². The molecule has 1 heterocycles. The number of hydrogen-bond donors (Lipinski definition) is 1. The Labute approximate surface area is 72.9 Å². The Balaban J connectivity index is 2.11. The molecule has 0 bridgehead atoms. The first kappa shape index (κ1) is 8.91. The van der Waals surface area contributed by atoms with Crippen LogP contribution in [-0.4, -0.2) is 24.0 Å². The average molecular weight is 172 g/mol. The molecule has 1 atom stereocenters. The topological polar surface area (TPSA) is 24.4 Å². The quantitative estimate of drug-likeness (QED) is 0.701. The van der Waals surface area contributed by atoms with Gasteiger partial charge in [0.1, 0.15) is 0 Å². The molecule has 1 N–H and O–H groups in total. The number of nitrogens with one attached hydrogen (secondary N) is 1. The summed E-state index contributed by atoms with van der Waals surface area (Å²) < 4.78 is 0. The van der Waals surface area contributed by atoms with E-state index in [2.05, 4.69) is 24.2 Å². The molecule has 2 nitrogen and oxygen atoms in total. The molecule has 1 unspecified atom stereocenters. The summed E-state index contributed by atoms with van der Waals surface area (Å²) in [6.45, 7) is 6.50. The fraction of sp³-hybridized carbons (Fsp3) is 0.875. The third kappa shape index (κ3) is 3.14. The summed E-state index contributed by atoms with van der Waals surface area (Å²) in [6, 6.07) is 0. The van der Waals surface area contributed by atoms with Crippen LogP contribution >= 0.6 is 11.8 Å². The Kier molecular flexibility index (Phi) is 3.77. The summed E-state index contributed by atoms with van der Waals surface area (Å²) in [4.78, 5) is 4.31. The van der Waals surface area contributed by atoms with Gasteiger partial charge in [-0.25, -0.2) is 0 Å². The van der Waals surface area contributed by atoms with Crippen LogP contribution in [-0.2, 0) is 0 Å². The second-order valence-corrected chi connectivity index (χ2v) is 3.95. The molecule has 11 heavy (non-hydrogen) atoms. The van der Waals surface area contributed by atoms with Crippen LogP contribution < -0.4 is 5.32 Å². The molecule has 0 spiro atoms. The van der Waals surface area contributed by atoms with E-state index in [4.69, 9.17) is 0 Å². The smallest absolute Gasteiger partial charge is 0.156 e. The molecule has 0 saturated heterocycles. The highest BCUT2D eigenvalue weighted by Crippen LogP contribution is 2.12. The van der Waals surface area contributed by atoms with Crippen molar-refractivity contribution in [3.63, 3.8) is 0 Å². The summed E-state index contributed by atoms with van der Waals surface area (Å²) >= 11 is 1.86. The van der Waals surface area contributed by atoms with Crippen LogP contribution in [0.2, 0.25) is 0 Å². The van der Waals surface area contributed by atoms with Crippen LogP contribution in [0.15, 0.2) is 4.99 Å². The van der Waals surface area contributed by atoms with E-state index in [1.807, 2.05) is 11.8 Å². The fourth-order valence-corrected chi connectivity index (χ4v) is 1.88. The molecule has 0 aliphatic carbocycles. The summed E-state index contributed by atoms with van der Waals surface area (Å²) in [5.41, 5.74) is 0. The molecule has 1 aliphatic rings. The molecular formula is C8H16N2S. The van der Waals surface area contributed by atoms with Gasteiger partial charge in [-0.3, -0.25) is 4.99 Å². The zero-order chi connectivity index (χ0) is 8.10. The Hall–Kier alpha value is -0.180. The molecule has 0 aromatic rings. The van der Waals surface area contributed by atoms with Crippen molar-refractivity contribution in [1.29, 1.82) is 0 Å². The van der Waals surface area contributed by atoms with Crippen molar-refractivity contribution in [2.24, 2.45) is 10.9 Å². The maximum Gasteiger partial charge on any atom is 0.156 e. The van der Waals surface area contributed by atoms with Gasteiger partial charge < -0.3 is 5.32 Å². The number of aliphatic imine (C=N–C) groups is 1. The molecule has 0 aromatic carbocycles. The molecule has 1 aliphatic heterocycles. The van der Waals surface area contributed by atoms with E-state index in [0.717, 1.165) is 24.2 Å². The first-order valence-corrected chi connectivity index (χ1v) is 5.22. The van der Waals surface area contributed by atoms with Gasteiger partial charge in [0, 0.05) is 12.3 Å².